The first-order chi connectivity index (χ1) is 23.4. The molecule has 3 aromatic rings. The number of rotatable bonds is 11. The molecule has 4 aliphatic rings. The van der Waals surface area contributed by atoms with Gasteiger partial charge in [0.25, 0.3) is 5.91 Å². The van der Waals surface area contributed by atoms with Gasteiger partial charge in [0, 0.05) is 25.1 Å². The Morgan fingerprint density at radius 1 is 0.979 bits per heavy atom. The number of aliphatic hydroxyl groups excluding tert-OH is 1. The van der Waals surface area contributed by atoms with Crippen molar-refractivity contribution >= 4 is 23.9 Å². The number of aliphatic hydroxyl groups is 1. The molecule has 2 amide bonds. The highest BCUT2D eigenvalue weighted by molar-refractivity contribution is 5.95. The second kappa shape index (κ2) is 13.5. The van der Waals surface area contributed by atoms with E-state index in [9.17, 15) is 19.5 Å². The zero-order valence-corrected chi connectivity index (χ0v) is 26.1. The third-order valence-electron chi connectivity index (χ3n) is 9.49. The highest BCUT2D eigenvalue weighted by atomic mass is 16.8. The van der Waals surface area contributed by atoms with Gasteiger partial charge in [-0.05, 0) is 46.9 Å². The lowest BCUT2D eigenvalue weighted by Gasteiger charge is -2.48. The monoisotopic (exact) mass is 655 g/mol. The van der Waals surface area contributed by atoms with Gasteiger partial charge in [0.15, 0.2) is 6.04 Å². The molecule has 3 aliphatic heterocycles. The molecule has 0 aromatic heterocycles. The van der Waals surface area contributed by atoms with Crippen molar-refractivity contribution in [2.24, 2.45) is 5.41 Å². The van der Waals surface area contributed by atoms with Crippen LogP contribution in [0.15, 0.2) is 78.9 Å². The number of para-hydroxylation sites is 1. The molecule has 3 saturated heterocycles. The smallest absolute Gasteiger partial charge is 0.327 e. The fraction of sp³-hybridized carbons (Fsp3) is 0.361. The van der Waals surface area contributed by atoms with Gasteiger partial charge in [0.1, 0.15) is 42.4 Å². The Labute approximate surface area is 277 Å². The van der Waals surface area contributed by atoms with Crippen molar-refractivity contribution in [3.63, 3.8) is 0 Å². The van der Waals surface area contributed by atoms with Crippen molar-refractivity contribution in [1.29, 1.82) is 0 Å². The van der Waals surface area contributed by atoms with Gasteiger partial charge < -0.3 is 35.1 Å². The third kappa shape index (κ3) is 5.97. The first-order valence-corrected chi connectivity index (χ1v) is 16.0. The standard InChI is InChI=1S/C36H37N3O9/c40-16-15-37-33(42)26-9-4-6-24(17-26)19-38-35(44)36-18-28-29-30(46-21-45-29)32(36)48-39(31(36)34(43)47-28)20-23-13-11-22(12-14-23)5-3-8-25-7-1-2-10-27(25)41/h1-7,9-14,17,28-32,40-41H,8,15-16,18-21H2,(H,37,42)(H,38,44). The van der Waals surface area contributed by atoms with Crippen molar-refractivity contribution in [1.82, 2.24) is 15.7 Å². The van der Waals surface area contributed by atoms with E-state index < -0.39 is 41.8 Å². The van der Waals surface area contributed by atoms with Crippen molar-refractivity contribution in [3.8, 4) is 5.75 Å². The van der Waals surface area contributed by atoms with E-state index in [1.54, 1.807) is 41.5 Å². The second-order valence-corrected chi connectivity index (χ2v) is 12.4. The van der Waals surface area contributed by atoms with Gasteiger partial charge in [0.2, 0.25) is 5.91 Å². The molecule has 1 saturated carbocycles. The number of nitrogens with zero attached hydrogens (tertiary/aromatic N) is 1. The predicted molar refractivity (Wildman–Crippen MR) is 171 cm³/mol. The Hall–Kier alpha value is -4.59. The van der Waals surface area contributed by atoms with Gasteiger partial charge >= 0.3 is 5.97 Å². The molecule has 4 fully saturated rings. The molecule has 6 atom stereocenters. The van der Waals surface area contributed by atoms with Gasteiger partial charge in [0.05, 0.1) is 13.2 Å². The molecule has 2 bridgehead atoms. The van der Waals surface area contributed by atoms with Gasteiger partial charge in [-0.15, -0.1) is 0 Å². The van der Waals surface area contributed by atoms with Crippen LogP contribution in [0.25, 0.3) is 6.08 Å². The topological polar surface area (TPSA) is 156 Å². The number of allylic oxidation sites excluding steroid dienone is 1. The lowest BCUT2D eigenvalue weighted by atomic mass is 9.62. The summed E-state index contributed by atoms with van der Waals surface area (Å²) < 4.78 is 17.6. The quantitative estimate of drug-likeness (QED) is 0.226. The summed E-state index contributed by atoms with van der Waals surface area (Å²) in [4.78, 5) is 46.8. The molecule has 12 heteroatoms. The van der Waals surface area contributed by atoms with Crippen LogP contribution in [0.2, 0.25) is 0 Å². The second-order valence-electron chi connectivity index (χ2n) is 12.4. The Kier molecular flexibility index (Phi) is 8.99. The van der Waals surface area contributed by atoms with Gasteiger partial charge in [-0.25, -0.2) is 0 Å². The van der Waals surface area contributed by atoms with E-state index in [1.165, 1.54) is 0 Å². The van der Waals surface area contributed by atoms with E-state index >= 15 is 0 Å². The van der Waals surface area contributed by atoms with Crippen LogP contribution in [0.3, 0.4) is 0 Å². The van der Waals surface area contributed by atoms with Gasteiger partial charge in [-0.1, -0.05) is 66.7 Å². The molecule has 1 aliphatic carbocycles. The molecule has 3 aromatic carbocycles. The zero-order valence-electron chi connectivity index (χ0n) is 26.1. The van der Waals surface area contributed by atoms with Crippen LogP contribution >= 0.6 is 0 Å². The van der Waals surface area contributed by atoms with E-state index in [4.69, 9.17) is 24.2 Å². The summed E-state index contributed by atoms with van der Waals surface area (Å²) in [5.41, 5.74) is 2.48. The molecule has 48 heavy (non-hydrogen) atoms. The molecule has 4 N–H and O–H groups in total. The number of benzene rings is 3. The van der Waals surface area contributed by atoms with Crippen molar-refractivity contribution < 1.29 is 43.6 Å². The van der Waals surface area contributed by atoms with Crippen LogP contribution < -0.4 is 10.6 Å². The first kappa shape index (κ1) is 32.0. The fourth-order valence-electron chi connectivity index (χ4n) is 7.19. The summed E-state index contributed by atoms with van der Waals surface area (Å²) in [7, 11) is 0. The number of fused-ring (bicyclic) bond motifs is 4. The summed E-state index contributed by atoms with van der Waals surface area (Å²) in [5.74, 6) is -0.985. The van der Waals surface area contributed by atoms with E-state index in [0.717, 1.165) is 16.7 Å². The Balaban J connectivity index is 1.09. The SMILES string of the molecule is O=C(NCCO)c1cccc(CNC(=O)C23CC4OC(=O)C2N(Cc2ccc(C=CCc5ccccc5O)cc2)OC3C2OCOC42)c1. The number of phenols is 1. The van der Waals surface area contributed by atoms with Crippen LogP contribution in [0.5, 0.6) is 5.75 Å². The van der Waals surface area contributed by atoms with E-state index in [-0.39, 0.29) is 57.0 Å². The molecule has 12 nitrogen and oxygen atoms in total. The number of phenolic OH excluding ortho intramolecular Hbond substituents is 1. The molecular formula is C36H37N3O9. The molecule has 250 valence electrons. The number of ether oxygens (including phenoxy) is 3. The van der Waals surface area contributed by atoms with Crippen LogP contribution in [-0.4, -0.2) is 83.5 Å². The molecule has 0 spiro atoms. The number of nitrogens with one attached hydrogen (secondary N) is 2. The van der Waals surface area contributed by atoms with E-state index in [2.05, 4.69) is 10.6 Å². The number of hydrogen-bond donors (Lipinski definition) is 4. The van der Waals surface area contributed by atoms with E-state index in [0.29, 0.717) is 17.5 Å². The predicted octanol–water partition coefficient (Wildman–Crippen LogP) is 2.23. The molecule has 6 unspecified atom stereocenters. The number of hydroxylamine groups is 2. The number of hydrogen-bond acceptors (Lipinski definition) is 10. The highest BCUT2D eigenvalue weighted by Gasteiger charge is 2.74. The van der Waals surface area contributed by atoms with Crippen LogP contribution in [0.4, 0.5) is 0 Å². The average molecular weight is 656 g/mol. The Morgan fingerprint density at radius 3 is 2.60 bits per heavy atom. The summed E-state index contributed by atoms with van der Waals surface area (Å²) in [6, 6.07) is 20.9. The minimum atomic E-state index is -1.29. The number of amides is 2. The molecule has 3 heterocycles. The van der Waals surface area contributed by atoms with Gasteiger partial charge in [-0.3, -0.25) is 19.2 Å². The number of carbonyl (C=O) groups is 3. The lowest BCUT2D eigenvalue weighted by Crippen LogP contribution is -2.69. The summed E-state index contributed by atoms with van der Waals surface area (Å²) in [6.45, 7) is 0.312. The van der Waals surface area contributed by atoms with Crippen molar-refractivity contribution in [2.45, 2.75) is 56.4 Å². The molecule has 7 rings (SSSR count). The molecular weight excluding hydrogens is 618 g/mol. The average Bonchev–Trinajstić information content (AvgIpc) is 3.73. The third-order valence-corrected chi connectivity index (χ3v) is 9.49. The number of esters is 1. The molecule has 0 radical (unpaired) electrons. The van der Waals surface area contributed by atoms with Crippen LogP contribution in [0.1, 0.15) is 39.0 Å². The summed E-state index contributed by atoms with van der Waals surface area (Å²) in [6.07, 6.45) is 2.17. The fourth-order valence-corrected chi connectivity index (χ4v) is 7.19. The van der Waals surface area contributed by atoms with Crippen molar-refractivity contribution in [3.05, 3.63) is 107 Å². The highest BCUT2D eigenvalue weighted by Crippen LogP contribution is 2.55. The maximum absolute atomic E-state index is 14.3. The Bertz CT molecular complexity index is 1710. The number of aromatic hydroxyl groups is 1. The van der Waals surface area contributed by atoms with Crippen molar-refractivity contribution in [2.75, 3.05) is 19.9 Å². The minimum absolute atomic E-state index is 0.00954. The van der Waals surface area contributed by atoms with Gasteiger partial charge in [-0.2, -0.15) is 5.06 Å². The number of carbonyl (C=O) groups excluding carboxylic acids is 3. The van der Waals surface area contributed by atoms with Crippen LogP contribution in [-0.2, 0) is 48.1 Å². The van der Waals surface area contributed by atoms with E-state index in [1.807, 2.05) is 48.6 Å². The maximum Gasteiger partial charge on any atom is 0.327 e. The first-order valence-electron chi connectivity index (χ1n) is 16.0. The van der Waals surface area contributed by atoms with Crippen LogP contribution in [0, 0.1) is 5.41 Å². The minimum Gasteiger partial charge on any atom is -0.508 e. The largest absolute Gasteiger partial charge is 0.508 e. The lowest BCUT2D eigenvalue weighted by molar-refractivity contribution is -0.201. The normalized spacial score (nSPS) is 27.4. The Morgan fingerprint density at radius 2 is 1.79 bits per heavy atom. The summed E-state index contributed by atoms with van der Waals surface area (Å²) in [5, 5.41) is 26.2. The zero-order chi connectivity index (χ0) is 33.3. The maximum atomic E-state index is 14.3. The summed E-state index contributed by atoms with van der Waals surface area (Å²) >= 11 is 0.